The van der Waals surface area contributed by atoms with Gasteiger partial charge in [0.1, 0.15) is 5.65 Å². The Balaban J connectivity index is 1.95. The highest BCUT2D eigenvalue weighted by molar-refractivity contribution is 5.80. The molecule has 0 aromatic carbocycles. The molecule has 1 saturated heterocycles. The lowest BCUT2D eigenvalue weighted by molar-refractivity contribution is 0.309. The van der Waals surface area contributed by atoms with Crippen molar-refractivity contribution < 1.29 is 0 Å². The van der Waals surface area contributed by atoms with Gasteiger partial charge in [-0.25, -0.2) is 4.98 Å². The molecule has 3 nitrogen and oxygen atoms in total. The number of hydrogen-bond acceptors (Lipinski definition) is 2. The molecule has 1 atom stereocenters. The smallest absolute Gasteiger partial charge is 0.139 e. The molecule has 3 heteroatoms. The standard InChI is InChI=1S/C14H19N3/c1-16-8-4-5-12(16)9-11-10-17(2)14-13(11)6-3-7-15-14/h3,6-7,10,12H,4-5,8-9H2,1-2H3. The first-order valence-electron chi connectivity index (χ1n) is 6.35. The van der Waals surface area contributed by atoms with Crippen LogP contribution in [0.1, 0.15) is 18.4 Å². The lowest BCUT2D eigenvalue weighted by atomic mass is 10.0. The first-order chi connectivity index (χ1) is 8.25. The number of pyridine rings is 1. The van der Waals surface area contributed by atoms with Gasteiger partial charge >= 0.3 is 0 Å². The molecule has 0 spiro atoms. The first kappa shape index (κ1) is 10.8. The number of likely N-dealkylation sites (N-methyl/N-ethyl adjacent to an activating group) is 1. The average Bonchev–Trinajstić information content (AvgIpc) is 2.87. The quantitative estimate of drug-likeness (QED) is 0.787. The lowest BCUT2D eigenvalue weighted by Gasteiger charge is -2.18. The lowest BCUT2D eigenvalue weighted by Crippen LogP contribution is -2.26. The average molecular weight is 229 g/mol. The number of rotatable bonds is 2. The second-order valence-corrected chi connectivity index (χ2v) is 5.12. The van der Waals surface area contributed by atoms with Crippen molar-refractivity contribution in [3.05, 3.63) is 30.1 Å². The van der Waals surface area contributed by atoms with Gasteiger partial charge in [0.15, 0.2) is 0 Å². The van der Waals surface area contributed by atoms with Crippen molar-refractivity contribution in [1.29, 1.82) is 0 Å². The molecule has 0 N–H and O–H groups in total. The van der Waals surface area contributed by atoms with E-state index in [1.165, 1.54) is 30.3 Å². The monoisotopic (exact) mass is 229 g/mol. The van der Waals surface area contributed by atoms with E-state index < -0.39 is 0 Å². The van der Waals surface area contributed by atoms with Crippen LogP contribution in [0.4, 0.5) is 0 Å². The van der Waals surface area contributed by atoms with Crippen LogP contribution in [0, 0.1) is 0 Å². The molecule has 1 unspecified atom stereocenters. The molecule has 1 aliphatic rings. The number of aryl methyl sites for hydroxylation is 1. The van der Waals surface area contributed by atoms with Crippen LogP contribution in [0.25, 0.3) is 11.0 Å². The SMILES string of the molecule is CN1CCCC1Cc1cn(C)c2ncccc12. The molecule has 0 amide bonds. The highest BCUT2D eigenvalue weighted by Gasteiger charge is 2.22. The van der Waals surface area contributed by atoms with Crippen molar-refractivity contribution in [1.82, 2.24) is 14.5 Å². The molecule has 0 bridgehead atoms. The predicted molar refractivity (Wildman–Crippen MR) is 70.1 cm³/mol. The summed E-state index contributed by atoms with van der Waals surface area (Å²) in [5.41, 5.74) is 2.54. The van der Waals surface area contributed by atoms with Crippen LogP contribution >= 0.6 is 0 Å². The molecule has 90 valence electrons. The van der Waals surface area contributed by atoms with E-state index in [0.29, 0.717) is 6.04 Å². The Kier molecular flexibility index (Phi) is 2.63. The van der Waals surface area contributed by atoms with Crippen LogP contribution in [0.3, 0.4) is 0 Å². The van der Waals surface area contributed by atoms with Gasteiger partial charge in [-0.1, -0.05) is 0 Å². The van der Waals surface area contributed by atoms with E-state index >= 15 is 0 Å². The maximum atomic E-state index is 4.44. The molecule has 1 aliphatic heterocycles. The van der Waals surface area contributed by atoms with E-state index in [2.05, 4.69) is 40.8 Å². The van der Waals surface area contributed by atoms with Gasteiger partial charge in [0, 0.05) is 30.9 Å². The third-order valence-electron chi connectivity index (χ3n) is 3.94. The summed E-state index contributed by atoms with van der Waals surface area (Å²) >= 11 is 0. The Morgan fingerprint density at radius 2 is 2.29 bits per heavy atom. The van der Waals surface area contributed by atoms with Gasteiger partial charge in [-0.3, -0.25) is 0 Å². The Bertz CT molecular complexity index is 529. The number of hydrogen-bond donors (Lipinski definition) is 0. The minimum Gasteiger partial charge on any atom is -0.335 e. The largest absolute Gasteiger partial charge is 0.335 e. The minimum atomic E-state index is 0.709. The van der Waals surface area contributed by atoms with Crippen molar-refractivity contribution in [2.45, 2.75) is 25.3 Å². The molecule has 3 rings (SSSR count). The predicted octanol–water partition coefficient (Wildman–Crippen LogP) is 2.21. The maximum Gasteiger partial charge on any atom is 0.139 e. The van der Waals surface area contributed by atoms with Crippen LogP contribution in [0.5, 0.6) is 0 Å². The van der Waals surface area contributed by atoms with E-state index in [9.17, 15) is 0 Å². The van der Waals surface area contributed by atoms with E-state index in [4.69, 9.17) is 0 Å². The van der Waals surface area contributed by atoms with Crippen LogP contribution in [0.15, 0.2) is 24.5 Å². The fourth-order valence-corrected chi connectivity index (χ4v) is 2.95. The zero-order chi connectivity index (χ0) is 11.8. The molecule has 0 saturated carbocycles. The van der Waals surface area contributed by atoms with E-state index in [0.717, 1.165) is 12.1 Å². The second-order valence-electron chi connectivity index (χ2n) is 5.12. The number of likely N-dealkylation sites (tertiary alicyclic amines) is 1. The molecular weight excluding hydrogens is 210 g/mol. The van der Waals surface area contributed by atoms with Gasteiger partial charge in [-0.2, -0.15) is 0 Å². The Morgan fingerprint density at radius 1 is 1.41 bits per heavy atom. The van der Waals surface area contributed by atoms with Crippen LogP contribution in [-0.2, 0) is 13.5 Å². The minimum absolute atomic E-state index is 0.709. The van der Waals surface area contributed by atoms with Crippen molar-refractivity contribution in [3.63, 3.8) is 0 Å². The Morgan fingerprint density at radius 3 is 3.06 bits per heavy atom. The van der Waals surface area contributed by atoms with Gasteiger partial charge in [-0.15, -0.1) is 0 Å². The van der Waals surface area contributed by atoms with Gasteiger partial charge < -0.3 is 9.47 Å². The summed E-state index contributed by atoms with van der Waals surface area (Å²) in [7, 11) is 4.32. The fraction of sp³-hybridized carbons (Fsp3) is 0.500. The van der Waals surface area contributed by atoms with Gasteiger partial charge in [0.25, 0.3) is 0 Å². The molecule has 3 heterocycles. The molecule has 17 heavy (non-hydrogen) atoms. The number of fused-ring (bicyclic) bond motifs is 1. The van der Waals surface area contributed by atoms with Crippen molar-refractivity contribution >= 4 is 11.0 Å². The molecule has 2 aromatic heterocycles. The third kappa shape index (κ3) is 1.84. The zero-order valence-electron chi connectivity index (χ0n) is 10.6. The molecular formula is C14H19N3. The Hall–Kier alpha value is -1.35. The van der Waals surface area contributed by atoms with Gasteiger partial charge in [-0.05, 0) is 50.6 Å². The van der Waals surface area contributed by atoms with Crippen LogP contribution in [0.2, 0.25) is 0 Å². The molecule has 0 radical (unpaired) electrons. The van der Waals surface area contributed by atoms with E-state index in [1.54, 1.807) is 0 Å². The topological polar surface area (TPSA) is 21.1 Å². The summed E-state index contributed by atoms with van der Waals surface area (Å²) in [6.07, 6.45) is 7.93. The zero-order valence-corrected chi connectivity index (χ0v) is 10.6. The van der Waals surface area contributed by atoms with Crippen molar-refractivity contribution in [2.24, 2.45) is 7.05 Å². The van der Waals surface area contributed by atoms with Crippen molar-refractivity contribution in [2.75, 3.05) is 13.6 Å². The highest BCUT2D eigenvalue weighted by atomic mass is 15.1. The molecule has 1 fully saturated rings. The number of aromatic nitrogens is 2. The maximum absolute atomic E-state index is 4.44. The molecule has 2 aromatic rings. The summed E-state index contributed by atoms with van der Waals surface area (Å²) < 4.78 is 2.14. The van der Waals surface area contributed by atoms with Crippen molar-refractivity contribution in [3.8, 4) is 0 Å². The summed E-state index contributed by atoms with van der Waals surface area (Å²) in [6.45, 7) is 1.24. The summed E-state index contributed by atoms with van der Waals surface area (Å²) in [6, 6.07) is 4.93. The van der Waals surface area contributed by atoms with E-state index in [1.807, 2.05) is 12.3 Å². The summed E-state index contributed by atoms with van der Waals surface area (Å²) in [5.74, 6) is 0. The Labute approximate surface area is 102 Å². The summed E-state index contributed by atoms with van der Waals surface area (Å²) in [5, 5.41) is 1.32. The van der Waals surface area contributed by atoms with Gasteiger partial charge in [0.2, 0.25) is 0 Å². The van der Waals surface area contributed by atoms with Gasteiger partial charge in [0.05, 0.1) is 0 Å². The van der Waals surface area contributed by atoms with Crippen LogP contribution < -0.4 is 0 Å². The third-order valence-corrected chi connectivity index (χ3v) is 3.94. The second kappa shape index (κ2) is 4.15. The highest BCUT2D eigenvalue weighted by Crippen LogP contribution is 2.24. The van der Waals surface area contributed by atoms with E-state index in [-0.39, 0.29) is 0 Å². The first-order valence-corrected chi connectivity index (χ1v) is 6.35. The van der Waals surface area contributed by atoms with Crippen LogP contribution in [-0.4, -0.2) is 34.1 Å². The molecule has 0 aliphatic carbocycles. The normalized spacial score (nSPS) is 21.4. The fourth-order valence-electron chi connectivity index (χ4n) is 2.95. The number of nitrogens with zero attached hydrogens (tertiary/aromatic N) is 3. The summed E-state index contributed by atoms with van der Waals surface area (Å²) in [4.78, 5) is 6.93.